The monoisotopic (exact) mass is 252 g/mol. The molecule has 0 aliphatic heterocycles. The maximum atomic E-state index is 12.4. The third-order valence-electron chi connectivity index (χ3n) is 2.57. The molecule has 2 nitrogen and oxygen atoms in total. The molecule has 5 heteroatoms. The molecule has 18 heavy (non-hydrogen) atoms. The predicted octanol–water partition coefficient (Wildman–Crippen LogP) is 3.66. The molecular formula is C13H11F3N2. The molecule has 0 atom stereocenters. The number of nitrogens with two attached hydrogens (primary N) is 1. The predicted molar refractivity (Wildman–Crippen MR) is 63.8 cm³/mol. The van der Waals surface area contributed by atoms with Crippen molar-refractivity contribution in [2.75, 3.05) is 5.73 Å². The Bertz CT molecular complexity index is 559. The van der Waals surface area contributed by atoms with Gasteiger partial charge in [-0.2, -0.15) is 13.2 Å². The minimum atomic E-state index is -4.42. The van der Waals surface area contributed by atoms with E-state index in [1.807, 2.05) is 13.0 Å². The summed E-state index contributed by atoms with van der Waals surface area (Å²) in [5.41, 5.74) is 7.69. The van der Waals surface area contributed by atoms with Gasteiger partial charge in [0.25, 0.3) is 0 Å². The molecule has 1 aromatic carbocycles. The molecule has 0 unspecified atom stereocenters. The highest BCUT2D eigenvalue weighted by molar-refractivity contribution is 5.76. The molecule has 0 spiro atoms. The lowest BCUT2D eigenvalue weighted by molar-refractivity contribution is -0.141. The van der Waals surface area contributed by atoms with Crippen LogP contribution in [0, 0.1) is 6.92 Å². The normalized spacial score (nSPS) is 11.6. The second-order valence-electron chi connectivity index (χ2n) is 4.02. The summed E-state index contributed by atoms with van der Waals surface area (Å²) in [6.45, 7) is 1.89. The van der Waals surface area contributed by atoms with E-state index in [2.05, 4.69) is 4.98 Å². The molecule has 2 aromatic rings. The van der Waals surface area contributed by atoms with Gasteiger partial charge in [-0.15, -0.1) is 0 Å². The van der Waals surface area contributed by atoms with E-state index in [0.29, 0.717) is 16.8 Å². The second-order valence-corrected chi connectivity index (χ2v) is 4.02. The Morgan fingerprint density at radius 1 is 1.11 bits per heavy atom. The lowest BCUT2D eigenvalue weighted by Crippen LogP contribution is -2.07. The van der Waals surface area contributed by atoms with Crippen LogP contribution in [0.25, 0.3) is 11.1 Å². The topological polar surface area (TPSA) is 38.9 Å². The number of pyridine rings is 1. The van der Waals surface area contributed by atoms with Crippen molar-refractivity contribution in [1.29, 1.82) is 0 Å². The Balaban J connectivity index is 2.41. The average Bonchev–Trinajstić information content (AvgIpc) is 2.28. The first-order valence-corrected chi connectivity index (χ1v) is 5.27. The van der Waals surface area contributed by atoms with Crippen molar-refractivity contribution in [3.8, 4) is 11.1 Å². The van der Waals surface area contributed by atoms with Gasteiger partial charge in [0.15, 0.2) is 0 Å². The van der Waals surface area contributed by atoms with Crippen LogP contribution in [0.15, 0.2) is 36.5 Å². The minimum absolute atomic E-state index is 0.525. The van der Waals surface area contributed by atoms with Gasteiger partial charge in [-0.05, 0) is 24.6 Å². The van der Waals surface area contributed by atoms with Crippen molar-refractivity contribution in [3.05, 3.63) is 47.8 Å². The van der Waals surface area contributed by atoms with Crippen LogP contribution >= 0.6 is 0 Å². The number of hydrogen-bond donors (Lipinski definition) is 1. The van der Waals surface area contributed by atoms with E-state index in [1.54, 1.807) is 12.1 Å². The van der Waals surface area contributed by atoms with Gasteiger partial charge in [0.05, 0.1) is 0 Å². The lowest BCUT2D eigenvalue weighted by Gasteiger charge is -2.09. The van der Waals surface area contributed by atoms with Crippen molar-refractivity contribution in [2.45, 2.75) is 13.1 Å². The van der Waals surface area contributed by atoms with Crippen molar-refractivity contribution >= 4 is 5.69 Å². The SMILES string of the molecule is Cc1ccc(-c2ccc(C(F)(F)F)nc2)c(N)c1. The summed E-state index contributed by atoms with van der Waals surface area (Å²) in [4.78, 5) is 3.41. The van der Waals surface area contributed by atoms with Crippen molar-refractivity contribution in [2.24, 2.45) is 0 Å². The molecule has 0 saturated carbocycles. The third-order valence-corrected chi connectivity index (χ3v) is 2.57. The van der Waals surface area contributed by atoms with Gasteiger partial charge >= 0.3 is 6.18 Å². The number of alkyl halides is 3. The number of nitrogen functional groups attached to an aromatic ring is 1. The van der Waals surface area contributed by atoms with Gasteiger partial charge in [0, 0.05) is 23.0 Å². The van der Waals surface area contributed by atoms with E-state index >= 15 is 0 Å². The van der Waals surface area contributed by atoms with Crippen LogP contribution in [0.4, 0.5) is 18.9 Å². The number of benzene rings is 1. The number of anilines is 1. The molecule has 1 heterocycles. The van der Waals surface area contributed by atoms with Crippen LogP contribution in [-0.2, 0) is 6.18 Å². The first kappa shape index (κ1) is 12.4. The number of halogens is 3. The Labute approximate surface area is 102 Å². The molecular weight excluding hydrogens is 241 g/mol. The summed E-state index contributed by atoms with van der Waals surface area (Å²) >= 11 is 0. The van der Waals surface area contributed by atoms with Gasteiger partial charge in [0.2, 0.25) is 0 Å². The molecule has 0 amide bonds. The molecule has 0 aliphatic carbocycles. The molecule has 2 rings (SSSR count). The van der Waals surface area contributed by atoms with Crippen LogP contribution in [0.2, 0.25) is 0 Å². The number of aryl methyl sites for hydroxylation is 1. The molecule has 0 fully saturated rings. The molecule has 2 N–H and O–H groups in total. The lowest BCUT2D eigenvalue weighted by atomic mass is 10.0. The van der Waals surface area contributed by atoms with Gasteiger partial charge in [-0.1, -0.05) is 18.2 Å². The summed E-state index contributed by atoms with van der Waals surface area (Å²) in [5, 5.41) is 0. The van der Waals surface area contributed by atoms with Gasteiger partial charge in [-0.3, -0.25) is 4.98 Å². The minimum Gasteiger partial charge on any atom is -0.398 e. The molecule has 94 valence electrons. The van der Waals surface area contributed by atoms with Gasteiger partial charge in [-0.25, -0.2) is 0 Å². The van der Waals surface area contributed by atoms with Crippen molar-refractivity contribution in [1.82, 2.24) is 4.98 Å². The molecule has 0 saturated heterocycles. The maximum Gasteiger partial charge on any atom is 0.433 e. The van der Waals surface area contributed by atoms with Crippen LogP contribution < -0.4 is 5.73 Å². The summed E-state index contributed by atoms with van der Waals surface area (Å²) in [7, 11) is 0. The van der Waals surface area contributed by atoms with E-state index in [0.717, 1.165) is 11.6 Å². The number of rotatable bonds is 1. The van der Waals surface area contributed by atoms with Gasteiger partial charge < -0.3 is 5.73 Å². The zero-order valence-electron chi connectivity index (χ0n) is 9.62. The Kier molecular flexibility index (Phi) is 2.98. The highest BCUT2D eigenvalue weighted by Gasteiger charge is 2.32. The molecule has 1 aromatic heterocycles. The fourth-order valence-electron chi connectivity index (χ4n) is 1.67. The Hall–Kier alpha value is -2.04. The fourth-order valence-corrected chi connectivity index (χ4v) is 1.67. The van der Waals surface area contributed by atoms with E-state index in [4.69, 9.17) is 5.73 Å². The Morgan fingerprint density at radius 2 is 1.83 bits per heavy atom. The van der Waals surface area contributed by atoms with E-state index in [1.165, 1.54) is 12.3 Å². The van der Waals surface area contributed by atoms with Crippen LogP contribution in [0.5, 0.6) is 0 Å². The van der Waals surface area contributed by atoms with Crippen LogP contribution in [0.3, 0.4) is 0 Å². The number of hydrogen-bond acceptors (Lipinski definition) is 2. The van der Waals surface area contributed by atoms with E-state index < -0.39 is 11.9 Å². The van der Waals surface area contributed by atoms with Gasteiger partial charge in [0.1, 0.15) is 5.69 Å². The fraction of sp³-hybridized carbons (Fsp3) is 0.154. The highest BCUT2D eigenvalue weighted by Crippen LogP contribution is 2.30. The summed E-state index contributed by atoms with van der Waals surface area (Å²) in [6, 6.07) is 7.72. The Morgan fingerprint density at radius 3 is 2.33 bits per heavy atom. The van der Waals surface area contributed by atoms with E-state index in [-0.39, 0.29) is 0 Å². The number of nitrogens with zero attached hydrogens (tertiary/aromatic N) is 1. The molecule has 0 radical (unpaired) electrons. The van der Waals surface area contributed by atoms with Crippen LogP contribution in [0.1, 0.15) is 11.3 Å². The smallest absolute Gasteiger partial charge is 0.398 e. The first-order chi connectivity index (χ1) is 8.38. The quantitative estimate of drug-likeness (QED) is 0.786. The van der Waals surface area contributed by atoms with E-state index in [9.17, 15) is 13.2 Å². The summed E-state index contributed by atoms with van der Waals surface area (Å²) in [6.07, 6.45) is -3.23. The highest BCUT2D eigenvalue weighted by atomic mass is 19.4. The third kappa shape index (κ3) is 2.45. The summed E-state index contributed by atoms with van der Waals surface area (Å²) in [5.74, 6) is 0. The zero-order chi connectivity index (χ0) is 13.3. The zero-order valence-corrected chi connectivity index (χ0v) is 9.62. The number of aromatic nitrogens is 1. The largest absolute Gasteiger partial charge is 0.433 e. The maximum absolute atomic E-state index is 12.4. The molecule has 0 bridgehead atoms. The second kappa shape index (κ2) is 4.33. The van der Waals surface area contributed by atoms with Crippen molar-refractivity contribution in [3.63, 3.8) is 0 Å². The standard InChI is InChI=1S/C13H11F3N2/c1-8-2-4-10(11(17)6-8)9-3-5-12(18-7-9)13(14,15)16/h2-7H,17H2,1H3. The van der Waals surface area contributed by atoms with Crippen molar-refractivity contribution < 1.29 is 13.2 Å². The van der Waals surface area contributed by atoms with Crippen LogP contribution in [-0.4, -0.2) is 4.98 Å². The average molecular weight is 252 g/mol. The summed E-state index contributed by atoms with van der Waals surface area (Å²) < 4.78 is 37.1. The first-order valence-electron chi connectivity index (χ1n) is 5.27. The molecule has 0 aliphatic rings.